The van der Waals surface area contributed by atoms with Crippen molar-refractivity contribution in [2.75, 3.05) is 0 Å². The first kappa shape index (κ1) is 10.1. The highest BCUT2D eigenvalue weighted by Gasteiger charge is 2.30. The molecule has 0 heterocycles. The van der Waals surface area contributed by atoms with Crippen LogP contribution in [-0.2, 0) is 11.1 Å². The lowest BCUT2D eigenvalue weighted by atomic mass is 9.99. The van der Waals surface area contributed by atoms with Crippen molar-refractivity contribution >= 4 is 11.1 Å². The summed E-state index contributed by atoms with van der Waals surface area (Å²) in [6.07, 6.45) is 2.34. The Labute approximate surface area is 65.3 Å². The Morgan fingerprint density at radius 3 is 1.50 bits per heavy atom. The average molecular weight is 164 g/mol. The molecule has 0 radical (unpaired) electrons. The van der Waals surface area contributed by atoms with Crippen molar-refractivity contribution in [1.82, 2.24) is 0 Å². The van der Waals surface area contributed by atoms with Crippen LogP contribution in [0.15, 0.2) is 0 Å². The molecule has 0 fully saturated rings. The highest BCUT2D eigenvalue weighted by Crippen LogP contribution is 2.25. The van der Waals surface area contributed by atoms with Crippen LogP contribution in [0.25, 0.3) is 0 Å². The highest BCUT2D eigenvalue weighted by atomic mass is 32.2. The normalized spacial score (nSPS) is 15.2. The van der Waals surface area contributed by atoms with Gasteiger partial charge in [0.2, 0.25) is 0 Å². The summed E-state index contributed by atoms with van der Waals surface area (Å²) in [5, 5.41) is 0. The minimum absolute atomic E-state index is 0.347. The fourth-order valence-corrected chi connectivity index (χ4v) is 1.86. The first-order chi connectivity index (χ1) is 4.63. The molecule has 0 aliphatic carbocycles. The standard InChI is InChI=1S/C7H16O2S/c1-4-7(5-2,6-3)10(8)9/h4-6H2,1-3H3,(H,8,9). The zero-order valence-electron chi connectivity index (χ0n) is 6.89. The fourth-order valence-electron chi connectivity index (χ4n) is 1.12. The topological polar surface area (TPSA) is 37.3 Å². The Morgan fingerprint density at radius 2 is 1.50 bits per heavy atom. The van der Waals surface area contributed by atoms with Gasteiger partial charge in [-0.2, -0.15) is 0 Å². The summed E-state index contributed by atoms with van der Waals surface area (Å²) in [6, 6.07) is 0. The van der Waals surface area contributed by atoms with Crippen molar-refractivity contribution in [1.29, 1.82) is 0 Å². The van der Waals surface area contributed by atoms with E-state index in [1.807, 2.05) is 20.8 Å². The van der Waals surface area contributed by atoms with E-state index in [0.29, 0.717) is 0 Å². The third-order valence-electron chi connectivity index (χ3n) is 2.30. The van der Waals surface area contributed by atoms with Gasteiger partial charge in [-0.15, -0.1) is 0 Å². The molecule has 0 aromatic carbocycles. The highest BCUT2D eigenvalue weighted by molar-refractivity contribution is 7.80. The molecular formula is C7H16O2S. The molecule has 1 atom stereocenters. The molecule has 0 aromatic rings. The van der Waals surface area contributed by atoms with Crippen LogP contribution >= 0.6 is 0 Å². The zero-order chi connectivity index (χ0) is 8.20. The van der Waals surface area contributed by atoms with E-state index in [1.54, 1.807) is 0 Å². The molecule has 2 nitrogen and oxygen atoms in total. The van der Waals surface area contributed by atoms with E-state index in [4.69, 9.17) is 4.55 Å². The van der Waals surface area contributed by atoms with Crippen LogP contribution < -0.4 is 0 Å². The van der Waals surface area contributed by atoms with Gasteiger partial charge in [0.05, 0.1) is 4.75 Å². The summed E-state index contributed by atoms with van der Waals surface area (Å²) in [4.78, 5) is 0. The maximum absolute atomic E-state index is 10.8. The van der Waals surface area contributed by atoms with Crippen LogP contribution in [0, 0.1) is 0 Å². The van der Waals surface area contributed by atoms with E-state index >= 15 is 0 Å². The van der Waals surface area contributed by atoms with Crippen molar-refractivity contribution in [3.8, 4) is 0 Å². The molecule has 3 heteroatoms. The predicted molar refractivity (Wildman–Crippen MR) is 44.4 cm³/mol. The molecule has 0 bridgehead atoms. The molecule has 0 aromatic heterocycles. The van der Waals surface area contributed by atoms with Crippen molar-refractivity contribution < 1.29 is 8.76 Å². The van der Waals surface area contributed by atoms with Crippen LogP contribution in [0.5, 0.6) is 0 Å². The van der Waals surface area contributed by atoms with Crippen LogP contribution in [0.4, 0.5) is 0 Å². The summed E-state index contributed by atoms with van der Waals surface area (Å²) in [5.74, 6) is 0. The molecular weight excluding hydrogens is 148 g/mol. The Bertz CT molecular complexity index is 111. The lowest BCUT2D eigenvalue weighted by Gasteiger charge is -2.25. The maximum Gasteiger partial charge on any atom is 0.159 e. The lowest BCUT2D eigenvalue weighted by Crippen LogP contribution is -2.31. The number of hydrogen-bond donors (Lipinski definition) is 1. The van der Waals surface area contributed by atoms with Gasteiger partial charge in [0.25, 0.3) is 0 Å². The molecule has 0 saturated carbocycles. The maximum atomic E-state index is 10.8. The predicted octanol–water partition coefficient (Wildman–Crippen LogP) is 2.18. The summed E-state index contributed by atoms with van der Waals surface area (Å²) in [6.45, 7) is 5.88. The summed E-state index contributed by atoms with van der Waals surface area (Å²) in [5.41, 5.74) is 0. The second-order valence-electron chi connectivity index (χ2n) is 2.49. The third-order valence-corrected chi connectivity index (χ3v) is 3.91. The van der Waals surface area contributed by atoms with Gasteiger partial charge >= 0.3 is 0 Å². The van der Waals surface area contributed by atoms with Crippen LogP contribution in [0.2, 0.25) is 0 Å². The Balaban J connectivity index is 4.31. The van der Waals surface area contributed by atoms with Crippen LogP contribution in [-0.4, -0.2) is 13.5 Å². The van der Waals surface area contributed by atoms with Gasteiger partial charge in [-0.25, -0.2) is 4.21 Å². The van der Waals surface area contributed by atoms with Gasteiger partial charge in [0.1, 0.15) is 0 Å². The van der Waals surface area contributed by atoms with Gasteiger partial charge in [-0.3, -0.25) is 0 Å². The quantitative estimate of drug-likeness (QED) is 0.647. The van der Waals surface area contributed by atoms with E-state index in [-0.39, 0.29) is 4.75 Å². The minimum Gasteiger partial charge on any atom is -0.306 e. The smallest absolute Gasteiger partial charge is 0.159 e. The first-order valence-electron chi connectivity index (χ1n) is 3.74. The van der Waals surface area contributed by atoms with Gasteiger partial charge in [0, 0.05) is 0 Å². The van der Waals surface area contributed by atoms with E-state index in [1.165, 1.54) is 0 Å². The fraction of sp³-hybridized carbons (Fsp3) is 1.00. The lowest BCUT2D eigenvalue weighted by molar-refractivity contribution is 0.450. The second-order valence-corrected chi connectivity index (χ2v) is 3.86. The van der Waals surface area contributed by atoms with E-state index < -0.39 is 11.1 Å². The van der Waals surface area contributed by atoms with Crippen molar-refractivity contribution in [3.63, 3.8) is 0 Å². The molecule has 0 rings (SSSR count). The van der Waals surface area contributed by atoms with Gasteiger partial charge < -0.3 is 4.55 Å². The van der Waals surface area contributed by atoms with Crippen LogP contribution in [0.1, 0.15) is 40.0 Å². The molecule has 1 N–H and O–H groups in total. The molecule has 1 unspecified atom stereocenters. The summed E-state index contributed by atoms with van der Waals surface area (Å²) in [7, 11) is 0. The van der Waals surface area contributed by atoms with Crippen molar-refractivity contribution in [2.24, 2.45) is 0 Å². The SMILES string of the molecule is CCC(CC)(CC)S(=O)O. The largest absolute Gasteiger partial charge is 0.306 e. The Morgan fingerprint density at radius 1 is 1.20 bits per heavy atom. The molecule has 10 heavy (non-hydrogen) atoms. The molecule has 0 saturated heterocycles. The van der Waals surface area contributed by atoms with E-state index in [9.17, 15) is 4.21 Å². The number of rotatable bonds is 4. The van der Waals surface area contributed by atoms with E-state index in [2.05, 4.69) is 0 Å². The van der Waals surface area contributed by atoms with E-state index in [0.717, 1.165) is 19.3 Å². The summed E-state index contributed by atoms with van der Waals surface area (Å²) < 4.78 is 19.4. The van der Waals surface area contributed by atoms with Gasteiger partial charge in [-0.05, 0) is 19.3 Å². The van der Waals surface area contributed by atoms with Crippen molar-refractivity contribution in [3.05, 3.63) is 0 Å². The summed E-state index contributed by atoms with van der Waals surface area (Å²) >= 11 is -1.66. The second kappa shape index (κ2) is 4.09. The molecule has 0 spiro atoms. The first-order valence-corrected chi connectivity index (χ1v) is 4.84. The van der Waals surface area contributed by atoms with Crippen molar-refractivity contribution in [2.45, 2.75) is 44.8 Å². The third kappa shape index (κ3) is 1.80. The number of hydrogen-bond acceptors (Lipinski definition) is 1. The Kier molecular flexibility index (Phi) is 4.13. The van der Waals surface area contributed by atoms with Crippen LogP contribution in [0.3, 0.4) is 0 Å². The minimum atomic E-state index is -1.66. The molecule has 62 valence electrons. The average Bonchev–Trinajstić information content (AvgIpc) is 1.92. The monoisotopic (exact) mass is 164 g/mol. The van der Waals surface area contributed by atoms with Gasteiger partial charge in [-0.1, -0.05) is 20.8 Å². The molecule has 0 aliphatic heterocycles. The molecule has 0 amide bonds. The molecule has 0 aliphatic rings. The Hall–Kier alpha value is 0.110. The zero-order valence-corrected chi connectivity index (χ0v) is 7.70. The van der Waals surface area contributed by atoms with Gasteiger partial charge in [0.15, 0.2) is 11.1 Å².